The van der Waals surface area contributed by atoms with Gasteiger partial charge in [0.2, 0.25) is 5.91 Å². The monoisotopic (exact) mass is 268 g/mol. The van der Waals surface area contributed by atoms with Crippen LogP contribution in [0, 0.1) is 17.8 Å². The van der Waals surface area contributed by atoms with Gasteiger partial charge in [-0.15, -0.1) is 0 Å². The van der Waals surface area contributed by atoms with Crippen LogP contribution in [0.4, 0.5) is 0 Å². The number of ether oxygens (including phenoxy) is 1. The second-order valence-corrected chi connectivity index (χ2v) is 6.37. The molecule has 4 heteroatoms. The van der Waals surface area contributed by atoms with E-state index in [2.05, 4.69) is 6.92 Å². The number of nitrogens with two attached hydrogens (primary N) is 1. The minimum absolute atomic E-state index is 0.132. The highest BCUT2D eigenvalue weighted by Crippen LogP contribution is 2.31. The second-order valence-electron chi connectivity index (χ2n) is 6.37. The average Bonchev–Trinajstić information content (AvgIpc) is 2.86. The number of rotatable bonds is 4. The summed E-state index contributed by atoms with van der Waals surface area (Å²) in [5.41, 5.74) is 6.04. The summed E-state index contributed by atoms with van der Waals surface area (Å²) in [5.74, 6) is 1.47. The first-order valence-electron chi connectivity index (χ1n) is 7.65. The normalized spacial score (nSPS) is 33.4. The van der Waals surface area contributed by atoms with Crippen molar-refractivity contribution in [1.82, 2.24) is 4.90 Å². The lowest BCUT2D eigenvalue weighted by atomic mass is 9.78. The Bertz CT molecular complexity index is 309. The van der Waals surface area contributed by atoms with Gasteiger partial charge in [0.1, 0.15) is 0 Å². The molecule has 1 heterocycles. The Morgan fingerprint density at radius 3 is 2.89 bits per heavy atom. The summed E-state index contributed by atoms with van der Waals surface area (Å²) < 4.78 is 5.19. The summed E-state index contributed by atoms with van der Waals surface area (Å²) in [4.78, 5) is 14.6. The van der Waals surface area contributed by atoms with Crippen molar-refractivity contribution in [2.75, 3.05) is 26.8 Å². The zero-order valence-electron chi connectivity index (χ0n) is 12.3. The number of hydrogen-bond acceptors (Lipinski definition) is 3. The molecule has 19 heavy (non-hydrogen) atoms. The van der Waals surface area contributed by atoms with Crippen LogP contribution in [-0.2, 0) is 9.53 Å². The van der Waals surface area contributed by atoms with E-state index in [9.17, 15) is 4.79 Å². The van der Waals surface area contributed by atoms with Gasteiger partial charge in [-0.3, -0.25) is 4.79 Å². The minimum Gasteiger partial charge on any atom is -0.384 e. The zero-order valence-corrected chi connectivity index (χ0v) is 12.3. The maximum Gasteiger partial charge on any atom is 0.225 e. The number of likely N-dealkylation sites (tertiary alicyclic amines) is 1. The Labute approximate surface area is 116 Å². The molecule has 1 saturated heterocycles. The quantitative estimate of drug-likeness (QED) is 0.843. The van der Waals surface area contributed by atoms with Crippen molar-refractivity contribution >= 4 is 5.91 Å². The molecule has 0 aromatic heterocycles. The number of nitrogens with zero attached hydrogens (tertiary/aromatic N) is 1. The van der Waals surface area contributed by atoms with Gasteiger partial charge in [0.25, 0.3) is 0 Å². The van der Waals surface area contributed by atoms with Crippen LogP contribution in [0.15, 0.2) is 0 Å². The summed E-state index contributed by atoms with van der Waals surface area (Å²) in [6.45, 7) is 4.63. The lowest BCUT2D eigenvalue weighted by Crippen LogP contribution is -2.40. The van der Waals surface area contributed by atoms with E-state index in [0.29, 0.717) is 23.8 Å². The molecule has 2 aliphatic rings. The van der Waals surface area contributed by atoms with Gasteiger partial charge >= 0.3 is 0 Å². The highest BCUT2D eigenvalue weighted by Gasteiger charge is 2.34. The fourth-order valence-electron chi connectivity index (χ4n) is 3.62. The first kappa shape index (κ1) is 14.8. The lowest BCUT2D eigenvalue weighted by molar-refractivity contribution is -0.136. The molecule has 1 aliphatic heterocycles. The molecule has 1 saturated carbocycles. The van der Waals surface area contributed by atoms with E-state index in [0.717, 1.165) is 45.4 Å². The molecular weight excluding hydrogens is 240 g/mol. The van der Waals surface area contributed by atoms with Crippen molar-refractivity contribution < 1.29 is 9.53 Å². The van der Waals surface area contributed by atoms with E-state index >= 15 is 0 Å². The summed E-state index contributed by atoms with van der Waals surface area (Å²) in [6, 6.07) is 0.300. The van der Waals surface area contributed by atoms with Crippen LogP contribution in [-0.4, -0.2) is 43.7 Å². The first-order chi connectivity index (χ1) is 9.11. The van der Waals surface area contributed by atoms with Crippen molar-refractivity contribution in [2.45, 2.75) is 45.1 Å². The Morgan fingerprint density at radius 2 is 2.21 bits per heavy atom. The number of methoxy groups -OCH3 is 1. The fraction of sp³-hybridized carbons (Fsp3) is 0.933. The van der Waals surface area contributed by atoms with Gasteiger partial charge in [0, 0.05) is 38.1 Å². The summed E-state index contributed by atoms with van der Waals surface area (Å²) >= 11 is 0. The SMILES string of the molecule is COCC1CCN(C(=O)C(C)C2CCCC(N)C2)C1. The standard InChI is InChI=1S/C15H28N2O2/c1-11(13-4-3-5-14(16)8-13)15(18)17-7-6-12(9-17)10-19-2/h11-14H,3-10,16H2,1-2H3. The molecule has 4 nitrogen and oxygen atoms in total. The van der Waals surface area contributed by atoms with Gasteiger partial charge in [-0.1, -0.05) is 13.3 Å². The van der Waals surface area contributed by atoms with E-state index in [-0.39, 0.29) is 5.92 Å². The molecule has 0 aromatic carbocycles. The van der Waals surface area contributed by atoms with Crippen molar-refractivity contribution in [3.8, 4) is 0 Å². The zero-order chi connectivity index (χ0) is 13.8. The first-order valence-corrected chi connectivity index (χ1v) is 7.65. The molecule has 110 valence electrons. The van der Waals surface area contributed by atoms with E-state index < -0.39 is 0 Å². The average molecular weight is 268 g/mol. The smallest absolute Gasteiger partial charge is 0.225 e. The highest BCUT2D eigenvalue weighted by molar-refractivity contribution is 5.79. The van der Waals surface area contributed by atoms with E-state index in [1.54, 1.807) is 7.11 Å². The second kappa shape index (κ2) is 6.71. The Kier molecular flexibility index (Phi) is 5.22. The maximum atomic E-state index is 12.5. The van der Waals surface area contributed by atoms with Gasteiger partial charge in [-0.05, 0) is 31.6 Å². The number of amides is 1. The molecule has 2 fully saturated rings. The van der Waals surface area contributed by atoms with Crippen molar-refractivity contribution in [3.05, 3.63) is 0 Å². The number of hydrogen-bond donors (Lipinski definition) is 1. The topological polar surface area (TPSA) is 55.6 Å². The van der Waals surface area contributed by atoms with E-state index in [1.165, 1.54) is 6.42 Å². The van der Waals surface area contributed by atoms with Crippen molar-refractivity contribution in [3.63, 3.8) is 0 Å². The summed E-state index contributed by atoms with van der Waals surface area (Å²) in [5, 5.41) is 0. The molecule has 0 spiro atoms. The predicted octanol–water partition coefficient (Wildman–Crippen LogP) is 1.63. The third-order valence-electron chi connectivity index (χ3n) is 4.85. The summed E-state index contributed by atoms with van der Waals surface area (Å²) in [7, 11) is 1.73. The van der Waals surface area contributed by atoms with Crippen LogP contribution in [0.2, 0.25) is 0 Å². The fourth-order valence-corrected chi connectivity index (χ4v) is 3.62. The molecule has 1 aliphatic carbocycles. The van der Waals surface area contributed by atoms with Gasteiger partial charge in [-0.25, -0.2) is 0 Å². The van der Waals surface area contributed by atoms with Crippen LogP contribution in [0.5, 0.6) is 0 Å². The molecule has 2 N–H and O–H groups in total. The van der Waals surface area contributed by atoms with Crippen LogP contribution in [0.25, 0.3) is 0 Å². The maximum absolute atomic E-state index is 12.5. The van der Waals surface area contributed by atoms with Gasteiger partial charge < -0.3 is 15.4 Å². The molecular formula is C15H28N2O2. The molecule has 2 rings (SSSR count). The third-order valence-corrected chi connectivity index (χ3v) is 4.85. The molecule has 0 radical (unpaired) electrons. The van der Waals surface area contributed by atoms with Gasteiger partial charge in [0.15, 0.2) is 0 Å². The Morgan fingerprint density at radius 1 is 1.42 bits per heavy atom. The van der Waals surface area contributed by atoms with Crippen LogP contribution in [0.3, 0.4) is 0 Å². The highest BCUT2D eigenvalue weighted by atomic mass is 16.5. The van der Waals surface area contributed by atoms with E-state index in [1.807, 2.05) is 4.90 Å². The van der Waals surface area contributed by atoms with Crippen molar-refractivity contribution in [2.24, 2.45) is 23.5 Å². The van der Waals surface area contributed by atoms with E-state index in [4.69, 9.17) is 10.5 Å². The molecule has 4 atom stereocenters. The predicted molar refractivity (Wildman–Crippen MR) is 75.7 cm³/mol. The van der Waals surface area contributed by atoms with Crippen LogP contribution >= 0.6 is 0 Å². The Balaban J connectivity index is 1.85. The lowest BCUT2D eigenvalue weighted by Gasteiger charge is -2.32. The summed E-state index contributed by atoms with van der Waals surface area (Å²) in [6.07, 6.45) is 5.56. The largest absolute Gasteiger partial charge is 0.384 e. The molecule has 0 aromatic rings. The number of carbonyl (C=O) groups is 1. The van der Waals surface area contributed by atoms with Crippen LogP contribution in [0.1, 0.15) is 39.0 Å². The van der Waals surface area contributed by atoms with Gasteiger partial charge in [-0.2, -0.15) is 0 Å². The van der Waals surface area contributed by atoms with Crippen LogP contribution < -0.4 is 5.73 Å². The minimum atomic E-state index is 0.132. The van der Waals surface area contributed by atoms with Gasteiger partial charge in [0.05, 0.1) is 6.61 Å². The molecule has 0 bridgehead atoms. The molecule has 4 unspecified atom stereocenters. The number of carbonyl (C=O) groups excluding carboxylic acids is 1. The Hall–Kier alpha value is -0.610. The molecule has 1 amide bonds. The van der Waals surface area contributed by atoms with Crippen molar-refractivity contribution in [1.29, 1.82) is 0 Å². The third kappa shape index (κ3) is 3.69.